The van der Waals surface area contributed by atoms with Gasteiger partial charge in [-0.3, -0.25) is 53.9 Å². The van der Waals surface area contributed by atoms with Crippen molar-refractivity contribution >= 4 is 0 Å². The summed E-state index contributed by atoms with van der Waals surface area (Å²) in [6.45, 7) is 9.25. The van der Waals surface area contributed by atoms with Gasteiger partial charge in [-0.15, -0.1) is 0 Å². The average Bonchev–Trinajstić information content (AvgIpc) is 2.82. The number of hydrogen-bond acceptors (Lipinski definition) is 14. The minimum atomic E-state index is 0.389. The van der Waals surface area contributed by atoms with E-state index in [4.69, 9.17) is 0 Å². The molecule has 0 spiro atoms. The minimum Gasteiger partial charge on any atom is -0.323 e. The third kappa shape index (κ3) is 64.0. The largest absolute Gasteiger partial charge is 0.323 e. The van der Waals surface area contributed by atoms with Crippen LogP contribution in [0.15, 0.2) is 0 Å². The highest BCUT2D eigenvalue weighted by atomic mass is 15.5. The van der Waals surface area contributed by atoms with Gasteiger partial charge in [0.15, 0.2) is 0 Å². The first-order valence-corrected chi connectivity index (χ1v) is 16.9. The van der Waals surface area contributed by atoms with Gasteiger partial charge in [-0.25, -0.2) is 0 Å². The summed E-state index contributed by atoms with van der Waals surface area (Å²) in [7, 11) is 51.5. The van der Waals surface area contributed by atoms with Gasteiger partial charge in [-0.05, 0) is 183 Å². The molecule has 0 unspecified atom stereocenters. The molecular weight excluding hydrogens is 604 g/mol. The predicted octanol–water partition coefficient (Wildman–Crippen LogP) is 0.227. The standard InChI is InChI=1S/2C9H24N4.C7H19N3.C4H11N.C3H9N.C2H7N/c1-10(2)7-12(5)9-13(6)8-11(3)4;1-10(2)7-13(8-11(3)4)9-12(5)6;1-8(2)7(9(3)4)10(5)6;1-4-5(2)3;1-4(2)3;1-3-2/h2*7-9H2,1-6H3;7H,1-6H3;4H2,1-3H3;1-3H3;3H,1-2H3. The molecular formula is C34H94N14. The first-order chi connectivity index (χ1) is 21.7. The summed E-state index contributed by atoms with van der Waals surface area (Å²) >= 11 is 0. The average molecular weight is 699 g/mol. The second-order valence-corrected chi connectivity index (χ2v) is 15.1. The summed E-state index contributed by atoms with van der Waals surface area (Å²) in [6.07, 6.45) is 0.389. The van der Waals surface area contributed by atoms with Crippen molar-refractivity contribution in [1.29, 1.82) is 0 Å². The maximum Gasteiger partial charge on any atom is 0.118 e. The SMILES string of the molecule is CCN(C)C.CN(C)C.CN(C)C(N(C)C)N(C)C.CN(C)CN(C)CN(C)CN(C)C.CN(C)CN(CN(C)C)CN(C)C.CNC. The lowest BCUT2D eigenvalue weighted by atomic mass is 10.6. The van der Waals surface area contributed by atoms with E-state index in [1.165, 1.54) is 0 Å². The van der Waals surface area contributed by atoms with Crippen molar-refractivity contribution in [3.8, 4) is 0 Å². The summed E-state index contributed by atoms with van der Waals surface area (Å²) in [6, 6.07) is 0. The second kappa shape index (κ2) is 39.2. The Morgan fingerprint density at radius 3 is 0.646 bits per heavy atom. The molecule has 14 nitrogen and oxygen atoms in total. The van der Waals surface area contributed by atoms with Crippen molar-refractivity contribution in [3.63, 3.8) is 0 Å². The Balaban J connectivity index is -0.000000118. The number of nitrogens with zero attached hydrogens (tertiary/aromatic N) is 13. The molecule has 300 valence electrons. The molecule has 0 radical (unpaired) electrons. The zero-order chi connectivity index (χ0) is 39.7. The van der Waals surface area contributed by atoms with Gasteiger partial charge >= 0.3 is 0 Å². The summed E-state index contributed by atoms with van der Waals surface area (Å²) < 4.78 is 0. The lowest BCUT2D eigenvalue weighted by Crippen LogP contribution is -2.50. The quantitative estimate of drug-likeness (QED) is 0.224. The summed E-state index contributed by atoms with van der Waals surface area (Å²) in [5.74, 6) is 0. The van der Waals surface area contributed by atoms with Gasteiger partial charge in [0.2, 0.25) is 0 Å². The van der Waals surface area contributed by atoms with Crippen LogP contribution in [0.3, 0.4) is 0 Å². The molecule has 0 fully saturated rings. The lowest BCUT2D eigenvalue weighted by Gasteiger charge is -2.35. The number of hydrogen-bond donors (Lipinski definition) is 1. The van der Waals surface area contributed by atoms with E-state index < -0.39 is 0 Å². The van der Waals surface area contributed by atoms with Gasteiger partial charge in [-0.1, -0.05) is 6.92 Å². The van der Waals surface area contributed by atoms with Crippen molar-refractivity contribution in [2.24, 2.45) is 0 Å². The molecule has 14 heteroatoms. The predicted molar refractivity (Wildman–Crippen MR) is 219 cm³/mol. The fraction of sp³-hybridized carbons (Fsp3) is 1.00. The third-order valence-electron chi connectivity index (χ3n) is 5.00. The Labute approximate surface area is 304 Å². The van der Waals surface area contributed by atoms with Gasteiger partial charge in [-0.2, -0.15) is 0 Å². The first kappa shape index (κ1) is 59.6. The zero-order valence-electron chi connectivity index (χ0n) is 37.8. The monoisotopic (exact) mass is 699 g/mol. The van der Waals surface area contributed by atoms with E-state index in [1.807, 2.05) is 40.1 Å². The molecule has 0 saturated heterocycles. The van der Waals surface area contributed by atoms with E-state index >= 15 is 0 Å². The number of nitrogens with one attached hydrogen (secondary N) is 1. The maximum atomic E-state index is 2.75. The van der Waals surface area contributed by atoms with Crippen molar-refractivity contribution < 1.29 is 0 Å². The highest BCUT2D eigenvalue weighted by Gasteiger charge is 2.14. The molecule has 0 heterocycles. The zero-order valence-corrected chi connectivity index (χ0v) is 37.8. The van der Waals surface area contributed by atoms with Crippen LogP contribution in [0.25, 0.3) is 0 Å². The molecule has 0 atom stereocenters. The molecule has 0 bridgehead atoms. The summed E-state index contributed by atoms with van der Waals surface area (Å²) in [4.78, 5) is 28.5. The maximum absolute atomic E-state index is 2.75. The van der Waals surface area contributed by atoms with Crippen LogP contribution in [-0.4, -0.2) is 293 Å². The molecule has 0 aliphatic rings. The van der Waals surface area contributed by atoms with Crippen molar-refractivity contribution in [1.82, 2.24) is 69.0 Å². The molecule has 0 amide bonds. The van der Waals surface area contributed by atoms with Crippen LogP contribution in [0.5, 0.6) is 0 Å². The molecule has 0 aliphatic heterocycles. The van der Waals surface area contributed by atoms with Crippen LogP contribution in [0.1, 0.15) is 6.92 Å². The molecule has 0 aromatic rings. The van der Waals surface area contributed by atoms with Crippen LogP contribution in [0.2, 0.25) is 0 Å². The van der Waals surface area contributed by atoms with E-state index in [0.29, 0.717) is 6.29 Å². The Morgan fingerprint density at radius 2 is 0.542 bits per heavy atom. The Morgan fingerprint density at radius 1 is 0.354 bits per heavy atom. The molecule has 48 heavy (non-hydrogen) atoms. The van der Waals surface area contributed by atoms with Crippen molar-refractivity contribution in [2.45, 2.75) is 13.2 Å². The first-order valence-electron chi connectivity index (χ1n) is 16.9. The molecule has 0 aromatic heterocycles. The van der Waals surface area contributed by atoms with E-state index in [2.05, 4.69) is 212 Å². The van der Waals surface area contributed by atoms with Gasteiger partial charge < -0.3 is 15.1 Å². The van der Waals surface area contributed by atoms with E-state index in [9.17, 15) is 0 Å². The highest BCUT2D eigenvalue weighted by Crippen LogP contribution is 1.98. The molecule has 0 saturated carbocycles. The highest BCUT2D eigenvalue weighted by molar-refractivity contribution is 4.58. The van der Waals surface area contributed by atoms with Gasteiger partial charge in [0.05, 0.1) is 40.0 Å². The molecule has 1 N–H and O–H groups in total. The van der Waals surface area contributed by atoms with Gasteiger partial charge in [0.25, 0.3) is 0 Å². The van der Waals surface area contributed by atoms with Crippen LogP contribution in [-0.2, 0) is 0 Å². The fourth-order valence-electron chi connectivity index (χ4n) is 4.19. The smallest absolute Gasteiger partial charge is 0.118 e. The topological polar surface area (TPSA) is 54.2 Å². The lowest BCUT2D eigenvalue weighted by molar-refractivity contribution is 0.00961. The molecule has 0 aromatic carbocycles. The Kier molecular flexibility index (Phi) is 48.7. The fourth-order valence-corrected chi connectivity index (χ4v) is 4.19. The Bertz CT molecular complexity index is 527. The van der Waals surface area contributed by atoms with E-state index in [-0.39, 0.29) is 0 Å². The van der Waals surface area contributed by atoms with E-state index in [0.717, 1.165) is 46.6 Å². The van der Waals surface area contributed by atoms with Crippen LogP contribution in [0.4, 0.5) is 0 Å². The van der Waals surface area contributed by atoms with Gasteiger partial charge in [0.1, 0.15) is 6.29 Å². The van der Waals surface area contributed by atoms with Crippen molar-refractivity contribution in [2.75, 3.05) is 223 Å². The molecule has 0 rings (SSSR count). The summed E-state index contributed by atoms with van der Waals surface area (Å²) in [5, 5.41) is 2.75. The Hall–Kier alpha value is -0.560. The normalized spacial score (nSPS) is 11.5. The minimum absolute atomic E-state index is 0.389. The summed E-state index contributed by atoms with van der Waals surface area (Å²) in [5.41, 5.74) is 0. The number of rotatable bonds is 16. The third-order valence-corrected chi connectivity index (χ3v) is 5.00. The van der Waals surface area contributed by atoms with Crippen LogP contribution < -0.4 is 5.32 Å². The molecule has 0 aliphatic carbocycles. The van der Waals surface area contributed by atoms with E-state index in [1.54, 1.807) is 0 Å². The van der Waals surface area contributed by atoms with Crippen molar-refractivity contribution in [3.05, 3.63) is 0 Å². The van der Waals surface area contributed by atoms with Crippen LogP contribution >= 0.6 is 0 Å². The van der Waals surface area contributed by atoms with Crippen LogP contribution in [0, 0.1) is 0 Å². The second-order valence-electron chi connectivity index (χ2n) is 15.1. The van der Waals surface area contributed by atoms with Gasteiger partial charge in [0, 0.05) is 0 Å².